The number of nitrogens with zero attached hydrogens (tertiary/aromatic N) is 2. The summed E-state index contributed by atoms with van der Waals surface area (Å²) in [5, 5.41) is 14.8. The molecular formula is C16H23N3O2. The maximum atomic E-state index is 11.2. The quantitative estimate of drug-likeness (QED) is 0.684. The van der Waals surface area contributed by atoms with Crippen LogP contribution in [0.2, 0.25) is 0 Å². The number of hydrogen-bond donors (Lipinski definition) is 1. The van der Waals surface area contributed by atoms with Gasteiger partial charge in [0, 0.05) is 30.3 Å². The van der Waals surface area contributed by atoms with E-state index in [9.17, 15) is 10.1 Å². The topological polar surface area (TPSA) is 58.4 Å². The molecule has 21 heavy (non-hydrogen) atoms. The lowest BCUT2D eigenvalue weighted by molar-refractivity contribution is -0.385. The van der Waals surface area contributed by atoms with Crippen molar-refractivity contribution in [2.45, 2.75) is 50.7 Å². The summed E-state index contributed by atoms with van der Waals surface area (Å²) in [5.74, 6) is 0. The molecule has 2 fully saturated rings. The number of hydrogen-bond acceptors (Lipinski definition) is 4. The Bertz CT molecular complexity index is 500. The molecule has 1 aromatic rings. The Morgan fingerprint density at radius 3 is 2.86 bits per heavy atom. The van der Waals surface area contributed by atoms with Gasteiger partial charge in [-0.3, -0.25) is 15.0 Å². The van der Waals surface area contributed by atoms with Crippen LogP contribution in [0.4, 0.5) is 5.69 Å². The second-order valence-electron chi connectivity index (χ2n) is 6.12. The third kappa shape index (κ3) is 3.24. The minimum Gasteiger partial charge on any atom is -0.312 e. The molecule has 0 aliphatic carbocycles. The van der Waals surface area contributed by atoms with Crippen LogP contribution >= 0.6 is 0 Å². The first-order chi connectivity index (χ1) is 10.3. The van der Waals surface area contributed by atoms with Crippen molar-refractivity contribution in [2.24, 2.45) is 0 Å². The molecule has 2 saturated heterocycles. The molecule has 2 heterocycles. The number of piperidine rings is 1. The predicted octanol–water partition coefficient (Wildman–Crippen LogP) is 2.70. The van der Waals surface area contributed by atoms with Crippen molar-refractivity contribution >= 4 is 5.69 Å². The van der Waals surface area contributed by atoms with E-state index in [4.69, 9.17) is 0 Å². The molecule has 1 aromatic carbocycles. The van der Waals surface area contributed by atoms with Crippen molar-refractivity contribution in [1.29, 1.82) is 0 Å². The van der Waals surface area contributed by atoms with Crippen LogP contribution in [0.25, 0.3) is 0 Å². The van der Waals surface area contributed by atoms with Crippen molar-refractivity contribution in [1.82, 2.24) is 10.2 Å². The van der Waals surface area contributed by atoms with Gasteiger partial charge in [0.1, 0.15) is 0 Å². The molecule has 2 aliphatic rings. The summed E-state index contributed by atoms with van der Waals surface area (Å²) >= 11 is 0. The van der Waals surface area contributed by atoms with Crippen LogP contribution in [0.5, 0.6) is 0 Å². The molecule has 0 radical (unpaired) electrons. The minimum absolute atomic E-state index is 0.251. The van der Waals surface area contributed by atoms with Gasteiger partial charge in [0.05, 0.1) is 4.92 Å². The molecule has 0 saturated carbocycles. The number of para-hydroxylation sites is 1. The monoisotopic (exact) mass is 289 g/mol. The Labute approximate surface area is 125 Å². The average Bonchev–Trinajstić information content (AvgIpc) is 3.02. The molecule has 0 bridgehead atoms. The largest absolute Gasteiger partial charge is 0.312 e. The zero-order chi connectivity index (χ0) is 14.7. The second kappa shape index (κ2) is 6.54. The van der Waals surface area contributed by atoms with Gasteiger partial charge in [0.25, 0.3) is 5.69 Å². The van der Waals surface area contributed by atoms with Crippen molar-refractivity contribution in [3.05, 3.63) is 39.9 Å². The Morgan fingerprint density at radius 2 is 2.10 bits per heavy atom. The third-order valence-corrected chi connectivity index (χ3v) is 4.79. The highest BCUT2D eigenvalue weighted by Crippen LogP contribution is 2.28. The molecule has 2 unspecified atom stereocenters. The molecule has 5 heteroatoms. The van der Waals surface area contributed by atoms with Crippen LogP contribution in [0.15, 0.2) is 24.3 Å². The molecule has 114 valence electrons. The van der Waals surface area contributed by atoms with Crippen LogP contribution < -0.4 is 5.32 Å². The summed E-state index contributed by atoms with van der Waals surface area (Å²) in [7, 11) is 0. The number of likely N-dealkylation sites (tertiary alicyclic amines) is 1. The van der Waals surface area contributed by atoms with Gasteiger partial charge in [-0.1, -0.05) is 24.6 Å². The van der Waals surface area contributed by atoms with Gasteiger partial charge in [-0.25, -0.2) is 0 Å². The average molecular weight is 289 g/mol. The van der Waals surface area contributed by atoms with E-state index in [0.717, 1.165) is 18.7 Å². The van der Waals surface area contributed by atoms with Crippen LogP contribution in [0.1, 0.15) is 37.7 Å². The summed E-state index contributed by atoms with van der Waals surface area (Å²) in [6.07, 6.45) is 6.16. The van der Waals surface area contributed by atoms with E-state index < -0.39 is 0 Å². The molecule has 2 aliphatic heterocycles. The number of nitro groups is 1. The van der Waals surface area contributed by atoms with Crippen molar-refractivity contribution in [2.75, 3.05) is 13.1 Å². The molecule has 0 aromatic heterocycles. The Balaban J connectivity index is 1.76. The molecule has 3 rings (SSSR count). The SMILES string of the molecule is O=[N+]([O-])c1ccccc1CN1CCCCC1C1CCCN1. The lowest BCUT2D eigenvalue weighted by Gasteiger charge is -2.39. The summed E-state index contributed by atoms with van der Waals surface area (Å²) in [4.78, 5) is 13.4. The van der Waals surface area contributed by atoms with E-state index in [1.54, 1.807) is 12.1 Å². The van der Waals surface area contributed by atoms with Crippen molar-refractivity contribution in [3.8, 4) is 0 Å². The molecule has 5 nitrogen and oxygen atoms in total. The van der Waals surface area contributed by atoms with E-state index in [-0.39, 0.29) is 10.6 Å². The van der Waals surface area contributed by atoms with Crippen molar-refractivity contribution < 1.29 is 4.92 Å². The summed E-state index contributed by atoms with van der Waals surface area (Å²) in [5.41, 5.74) is 1.09. The highest BCUT2D eigenvalue weighted by molar-refractivity contribution is 5.39. The normalized spacial score (nSPS) is 26.9. The second-order valence-corrected chi connectivity index (χ2v) is 6.12. The van der Waals surface area contributed by atoms with E-state index in [1.165, 1.54) is 32.1 Å². The maximum absolute atomic E-state index is 11.2. The van der Waals surface area contributed by atoms with Crippen LogP contribution in [0.3, 0.4) is 0 Å². The number of nitro benzene ring substituents is 1. The van der Waals surface area contributed by atoms with Gasteiger partial charge in [-0.2, -0.15) is 0 Å². The van der Waals surface area contributed by atoms with Crippen LogP contribution in [-0.2, 0) is 6.54 Å². The molecule has 0 spiro atoms. The lowest BCUT2D eigenvalue weighted by Crippen LogP contribution is -2.49. The van der Waals surface area contributed by atoms with E-state index >= 15 is 0 Å². The fourth-order valence-electron chi connectivity index (χ4n) is 3.75. The van der Waals surface area contributed by atoms with E-state index in [1.807, 2.05) is 12.1 Å². The Morgan fingerprint density at radius 1 is 1.24 bits per heavy atom. The summed E-state index contributed by atoms with van der Waals surface area (Å²) < 4.78 is 0. The number of nitrogens with one attached hydrogen (secondary N) is 1. The summed E-state index contributed by atoms with van der Waals surface area (Å²) in [6, 6.07) is 8.24. The third-order valence-electron chi connectivity index (χ3n) is 4.79. The minimum atomic E-state index is -0.262. The van der Waals surface area contributed by atoms with Gasteiger partial charge >= 0.3 is 0 Å². The fraction of sp³-hybridized carbons (Fsp3) is 0.625. The molecule has 0 amide bonds. The van der Waals surface area contributed by atoms with Gasteiger partial charge < -0.3 is 5.32 Å². The smallest absolute Gasteiger partial charge is 0.273 e. The van der Waals surface area contributed by atoms with Gasteiger partial charge in [0.15, 0.2) is 0 Å². The van der Waals surface area contributed by atoms with E-state index in [2.05, 4.69) is 10.2 Å². The molecule has 2 atom stereocenters. The van der Waals surface area contributed by atoms with Gasteiger partial charge in [-0.05, 0) is 38.8 Å². The maximum Gasteiger partial charge on any atom is 0.273 e. The fourth-order valence-corrected chi connectivity index (χ4v) is 3.75. The van der Waals surface area contributed by atoms with Crippen LogP contribution in [-0.4, -0.2) is 35.0 Å². The van der Waals surface area contributed by atoms with E-state index in [0.29, 0.717) is 18.6 Å². The van der Waals surface area contributed by atoms with Gasteiger partial charge in [0.2, 0.25) is 0 Å². The zero-order valence-corrected chi connectivity index (χ0v) is 12.3. The summed E-state index contributed by atoms with van der Waals surface area (Å²) in [6.45, 7) is 2.86. The first kappa shape index (κ1) is 14.5. The first-order valence-corrected chi connectivity index (χ1v) is 7.95. The predicted molar refractivity (Wildman–Crippen MR) is 82.2 cm³/mol. The van der Waals surface area contributed by atoms with Crippen LogP contribution in [0, 0.1) is 10.1 Å². The molecular weight excluding hydrogens is 266 g/mol. The number of rotatable bonds is 4. The highest BCUT2D eigenvalue weighted by atomic mass is 16.6. The number of benzene rings is 1. The Hall–Kier alpha value is -1.46. The zero-order valence-electron chi connectivity index (χ0n) is 12.3. The highest BCUT2D eigenvalue weighted by Gasteiger charge is 2.32. The lowest BCUT2D eigenvalue weighted by atomic mass is 9.94. The molecule has 1 N–H and O–H groups in total. The van der Waals surface area contributed by atoms with Crippen molar-refractivity contribution in [3.63, 3.8) is 0 Å². The van der Waals surface area contributed by atoms with Gasteiger partial charge in [-0.15, -0.1) is 0 Å². The Kier molecular flexibility index (Phi) is 4.51. The standard InChI is InChI=1S/C16H23N3O2/c20-19(21)15-8-2-1-6-13(15)12-18-11-4-3-9-16(18)14-7-5-10-17-14/h1-2,6,8,14,16-17H,3-5,7,9-12H2. The first-order valence-electron chi connectivity index (χ1n) is 7.95.